The molecule has 1 aliphatic carbocycles. The highest BCUT2D eigenvalue weighted by Gasteiger charge is 2.22. The molecule has 0 radical (unpaired) electrons. The maximum absolute atomic E-state index is 6.11. The van der Waals surface area contributed by atoms with Gasteiger partial charge in [0.25, 0.3) is 0 Å². The maximum atomic E-state index is 6.11. The lowest BCUT2D eigenvalue weighted by atomic mass is 10.0. The molecule has 0 spiro atoms. The predicted molar refractivity (Wildman–Crippen MR) is 65.3 cm³/mol. The molecule has 0 saturated heterocycles. The molecule has 0 heterocycles. The van der Waals surface area contributed by atoms with Crippen molar-refractivity contribution in [3.63, 3.8) is 0 Å². The van der Waals surface area contributed by atoms with Crippen LogP contribution in [0.4, 0.5) is 0 Å². The SMILES string of the molecule is NC(CCC1CC1)c1cccc(Cl)c1Cl. The molecule has 1 aromatic carbocycles. The van der Waals surface area contributed by atoms with Crippen LogP contribution in [0.15, 0.2) is 18.2 Å². The normalized spacial score (nSPS) is 17.8. The third-order valence-corrected chi connectivity index (χ3v) is 3.80. The molecule has 0 bridgehead atoms. The zero-order valence-corrected chi connectivity index (χ0v) is 10.1. The molecule has 0 amide bonds. The van der Waals surface area contributed by atoms with Gasteiger partial charge in [-0.25, -0.2) is 0 Å². The molecule has 2 N–H and O–H groups in total. The Bertz CT molecular complexity index is 347. The molecule has 1 fully saturated rings. The fraction of sp³-hybridized carbons (Fsp3) is 0.500. The minimum atomic E-state index is 0.0248. The molecular weight excluding hydrogens is 229 g/mol. The molecule has 82 valence electrons. The summed E-state index contributed by atoms with van der Waals surface area (Å²) in [5.74, 6) is 0.911. The van der Waals surface area contributed by atoms with E-state index >= 15 is 0 Å². The molecular formula is C12H15Cl2N. The first-order chi connectivity index (χ1) is 7.18. The summed E-state index contributed by atoms with van der Waals surface area (Å²) in [7, 11) is 0. The molecule has 1 aromatic rings. The lowest BCUT2D eigenvalue weighted by Crippen LogP contribution is -2.11. The van der Waals surface area contributed by atoms with Crippen LogP contribution in [0.1, 0.15) is 37.3 Å². The van der Waals surface area contributed by atoms with Crippen LogP contribution in [0.5, 0.6) is 0 Å². The van der Waals surface area contributed by atoms with E-state index in [1.54, 1.807) is 6.07 Å². The van der Waals surface area contributed by atoms with Crippen molar-refractivity contribution in [1.82, 2.24) is 0 Å². The number of benzene rings is 1. The summed E-state index contributed by atoms with van der Waals surface area (Å²) in [6.07, 6.45) is 4.96. The Hall–Kier alpha value is -0.240. The van der Waals surface area contributed by atoms with Gasteiger partial charge in [-0.05, 0) is 30.4 Å². The molecule has 0 aliphatic heterocycles. The van der Waals surface area contributed by atoms with Crippen molar-refractivity contribution in [1.29, 1.82) is 0 Å². The fourth-order valence-corrected chi connectivity index (χ4v) is 2.23. The predicted octanol–water partition coefficient (Wildman–Crippen LogP) is 4.18. The van der Waals surface area contributed by atoms with Gasteiger partial charge in [-0.3, -0.25) is 0 Å². The summed E-state index contributed by atoms with van der Waals surface area (Å²) in [6, 6.07) is 5.68. The van der Waals surface area contributed by atoms with Gasteiger partial charge < -0.3 is 5.73 Å². The molecule has 1 unspecified atom stereocenters. The third-order valence-electron chi connectivity index (χ3n) is 2.96. The van der Waals surface area contributed by atoms with E-state index in [9.17, 15) is 0 Å². The first kappa shape index (κ1) is 11.3. The Balaban J connectivity index is 2.02. The number of nitrogens with two attached hydrogens (primary N) is 1. The van der Waals surface area contributed by atoms with Crippen LogP contribution < -0.4 is 5.73 Å². The highest BCUT2D eigenvalue weighted by Crippen LogP contribution is 2.37. The zero-order chi connectivity index (χ0) is 10.8. The van der Waals surface area contributed by atoms with Crippen LogP contribution in [0.2, 0.25) is 10.0 Å². The average Bonchev–Trinajstić information content (AvgIpc) is 3.02. The molecule has 2 rings (SSSR count). The summed E-state index contributed by atoms with van der Waals surface area (Å²) < 4.78 is 0. The average molecular weight is 244 g/mol. The molecule has 1 aliphatic rings. The van der Waals surface area contributed by atoms with Crippen molar-refractivity contribution in [2.75, 3.05) is 0 Å². The van der Waals surface area contributed by atoms with Crippen LogP contribution >= 0.6 is 23.2 Å². The van der Waals surface area contributed by atoms with E-state index < -0.39 is 0 Å². The van der Waals surface area contributed by atoms with E-state index in [0.717, 1.165) is 17.9 Å². The van der Waals surface area contributed by atoms with Crippen LogP contribution in [0, 0.1) is 5.92 Å². The molecule has 15 heavy (non-hydrogen) atoms. The van der Waals surface area contributed by atoms with Gasteiger partial charge in [0.15, 0.2) is 0 Å². The van der Waals surface area contributed by atoms with E-state index in [-0.39, 0.29) is 6.04 Å². The second kappa shape index (κ2) is 4.73. The fourth-order valence-electron chi connectivity index (χ4n) is 1.78. The van der Waals surface area contributed by atoms with E-state index in [1.807, 2.05) is 12.1 Å². The van der Waals surface area contributed by atoms with Crippen molar-refractivity contribution in [2.45, 2.75) is 31.7 Å². The quantitative estimate of drug-likeness (QED) is 0.844. The van der Waals surface area contributed by atoms with Gasteiger partial charge in [0.1, 0.15) is 0 Å². The topological polar surface area (TPSA) is 26.0 Å². The Morgan fingerprint density at radius 2 is 2.07 bits per heavy atom. The molecule has 1 nitrogen and oxygen atoms in total. The second-order valence-electron chi connectivity index (χ2n) is 4.27. The van der Waals surface area contributed by atoms with Gasteiger partial charge in [-0.2, -0.15) is 0 Å². The first-order valence-electron chi connectivity index (χ1n) is 5.38. The first-order valence-corrected chi connectivity index (χ1v) is 6.13. The number of hydrogen-bond donors (Lipinski definition) is 1. The van der Waals surface area contributed by atoms with Crippen molar-refractivity contribution >= 4 is 23.2 Å². The molecule has 0 aromatic heterocycles. The van der Waals surface area contributed by atoms with Gasteiger partial charge in [0, 0.05) is 6.04 Å². The van der Waals surface area contributed by atoms with Gasteiger partial charge >= 0.3 is 0 Å². The third kappa shape index (κ3) is 2.87. The monoisotopic (exact) mass is 243 g/mol. The van der Waals surface area contributed by atoms with E-state index in [2.05, 4.69) is 0 Å². The zero-order valence-electron chi connectivity index (χ0n) is 8.55. The van der Waals surface area contributed by atoms with E-state index in [4.69, 9.17) is 28.9 Å². The number of halogens is 2. The van der Waals surface area contributed by atoms with Crippen LogP contribution in [0.25, 0.3) is 0 Å². The Kier molecular flexibility index (Phi) is 3.55. The minimum Gasteiger partial charge on any atom is -0.324 e. The summed E-state index contributed by atoms with van der Waals surface area (Å²) in [5, 5.41) is 1.21. The van der Waals surface area contributed by atoms with Crippen molar-refractivity contribution in [3.8, 4) is 0 Å². The van der Waals surface area contributed by atoms with Crippen molar-refractivity contribution < 1.29 is 0 Å². The van der Waals surface area contributed by atoms with Gasteiger partial charge in [-0.15, -0.1) is 0 Å². The van der Waals surface area contributed by atoms with E-state index in [0.29, 0.717) is 10.0 Å². The molecule has 1 saturated carbocycles. The highest BCUT2D eigenvalue weighted by molar-refractivity contribution is 6.42. The van der Waals surface area contributed by atoms with Gasteiger partial charge in [0.05, 0.1) is 10.0 Å². The van der Waals surface area contributed by atoms with Crippen molar-refractivity contribution in [2.24, 2.45) is 11.7 Å². The Morgan fingerprint density at radius 1 is 1.33 bits per heavy atom. The highest BCUT2D eigenvalue weighted by atomic mass is 35.5. The van der Waals surface area contributed by atoms with Crippen LogP contribution in [-0.2, 0) is 0 Å². The lowest BCUT2D eigenvalue weighted by Gasteiger charge is -2.14. The lowest BCUT2D eigenvalue weighted by molar-refractivity contribution is 0.575. The smallest absolute Gasteiger partial charge is 0.0639 e. The second-order valence-corrected chi connectivity index (χ2v) is 5.06. The minimum absolute atomic E-state index is 0.0248. The van der Waals surface area contributed by atoms with Crippen molar-refractivity contribution in [3.05, 3.63) is 33.8 Å². The van der Waals surface area contributed by atoms with E-state index in [1.165, 1.54) is 19.3 Å². The Morgan fingerprint density at radius 3 is 2.73 bits per heavy atom. The summed E-state index contributed by atoms with van der Waals surface area (Å²) in [6.45, 7) is 0. The van der Waals surface area contributed by atoms with Gasteiger partial charge in [-0.1, -0.05) is 48.2 Å². The largest absolute Gasteiger partial charge is 0.324 e. The standard InChI is InChI=1S/C12H15Cl2N/c13-10-3-1-2-9(12(10)14)11(15)7-6-8-4-5-8/h1-3,8,11H,4-7,15H2. The number of hydrogen-bond acceptors (Lipinski definition) is 1. The Labute approximate surface area is 101 Å². The van der Waals surface area contributed by atoms with Gasteiger partial charge in [0.2, 0.25) is 0 Å². The summed E-state index contributed by atoms with van der Waals surface area (Å²) >= 11 is 12.1. The summed E-state index contributed by atoms with van der Waals surface area (Å²) in [5.41, 5.74) is 7.07. The number of rotatable bonds is 4. The summed E-state index contributed by atoms with van der Waals surface area (Å²) in [4.78, 5) is 0. The molecule has 3 heteroatoms. The van der Waals surface area contributed by atoms with Crippen LogP contribution in [-0.4, -0.2) is 0 Å². The van der Waals surface area contributed by atoms with Crippen LogP contribution in [0.3, 0.4) is 0 Å². The molecule has 1 atom stereocenters. The maximum Gasteiger partial charge on any atom is 0.0639 e.